The van der Waals surface area contributed by atoms with Crippen LogP contribution in [-0.2, 0) is 9.31 Å². The molecule has 144 valence electrons. The third-order valence-electron chi connectivity index (χ3n) is 5.23. The Bertz CT molecular complexity index is 982. The van der Waals surface area contributed by atoms with Crippen molar-refractivity contribution in [2.24, 2.45) is 0 Å². The van der Waals surface area contributed by atoms with Crippen LogP contribution >= 0.6 is 23.2 Å². The fraction of sp³-hybridized carbons (Fsp3) is 0.300. The van der Waals surface area contributed by atoms with Crippen LogP contribution < -0.4 is 5.46 Å². The molecular weight excluding hydrogens is 398 g/mol. The number of hydrogen-bond donors (Lipinski definition) is 0. The Hall–Kier alpha value is -1.86. The van der Waals surface area contributed by atoms with Crippen LogP contribution in [0.5, 0.6) is 0 Å². The van der Waals surface area contributed by atoms with Crippen molar-refractivity contribution in [2.75, 3.05) is 0 Å². The zero-order valence-electron chi connectivity index (χ0n) is 16.0. The lowest BCUT2D eigenvalue weighted by atomic mass is 9.79. The Morgan fingerprint density at radius 2 is 1.39 bits per heavy atom. The average molecular weight is 417 g/mol. The summed E-state index contributed by atoms with van der Waals surface area (Å²) in [5.74, 6) is 0.834. The van der Waals surface area contributed by atoms with Crippen LogP contribution in [0.1, 0.15) is 27.7 Å². The van der Waals surface area contributed by atoms with Crippen molar-refractivity contribution >= 4 is 35.8 Å². The predicted molar refractivity (Wildman–Crippen MR) is 111 cm³/mol. The van der Waals surface area contributed by atoms with Crippen molar-refractivity contribution in [3.8, 4) is 22.8 Å². The molecule has 28 heavy (non-hydrogen) atoms. The quantitative estimate of drug-likeness (QED) is 0.561. The van der Waals surface area contributed by atoms with E-state index in [4.69, 9.17) is 37.0 Å². The molecule has 0 saturated carbocycles. The number of hydrogen-bond acceptors (Lipinski definition) is 5. The Balaban J connectivity index is 1.56. The van der Waals surface area contributed by atoms with E-state index in [0.717, 1.165) is 11.0 Å². The Morgan fingerprint density at radius 1 is 0.821 bits per heavy atom. The lowest BCUT2D eigenvalue weighted by Crippen LogP contribution is -2.41. The van der Waals surface area contributed by atoms with Gasteiger partial charge in [0.2, 0.25) is 5.82 Å². The molecular formula is C20H19BCl2N2O3. The predicted octanol–water partition coefficient (Wildman–Crippen LogP) is 5.01. The van der Waals surface area contributed by atoms with Gasteiger partial charge in [0.15, 0.2) is 0 Å². The highest BCUT2D eigenvalue weighted by Crippen LogP contribution is 2.36. The average Bonchev–Trinajstić information content (AvgIpc) is 3.17. The van der Waals surface area contributed by atoms with Gasteiger partial charge >= 0.3 is 7.12 Å². The van der Waals surface area contributed by atoms with E-state index in [1.165, 1.54) is 0 Å². The number of rotatable bonds is 3. The SMILES string of the molecule is CC1(C)OB(c2ccc(-c3noc(-c4cc(Cl)cc(Cl)c4)n3)cc2)OC1(C)C. The van der Waals surface area contributed by atoms with Crippen LogP contribution in [0.4, 0.5) is 0 Å². The third kappa shape index (κ3) is 3.58. The zero-order valence-corrected chi connectivity index (χ0v) is 17.5. The van der Waals surface area contributed by atoms with Crippen molar-refractivity contribution in [3.63, 3.8) is 0 Å². The minimum Gasteiger partial charge on any atom is -0.399 e. The van der Waals surface area contributed by atoms with E-state index in [-0.39, 0.29) is 11.2 Å². The fourth-order valence-corrected chi connectivity index (χ4v) is 3.43. The number of aromatic nitrogens is 2. The summed E-state index contributed by atoms with van der Waals surface area (Å²) in [6.45, 7) is 8.13. The molecule has 0 spiro atoms. The van der Waals surface area contributed by atoms with Gasteiger partial charge in [-0.3, -0.25) is 0 Å². The summed E-state index contributed by atoms with van der Waals surface area (Å²) in [5.41, 5.74) is 1.68. The summed E-state index contributed by atoms with van der Waals surface area (Å²) in [6, 6.07) is 12.8. The largest absolute Gasteiger partial charge is 0.494 e. The molecule has 1 aliphatic heterocycles. The molecule has 0 unspecified atom stereocenters. The second-order valence-corrected chi connectivity index (χ2v) is 8.66. The lowest BCUT2D eigenvalue weighted by molar-refractivity contribution is 0.00578. The van der Waals surface area contributed by atoms with Gasteiger partial charge in [-0.2, -0.15) is 4.98 Å². The van der Waals surface area contributed by atoms with Gasteiger partial charge in [0.25, 0.3) is 5.89 Å². The van der Waals surface area contributed by atoms with E-state index < -0.39 is 7.12 Å². The van der Waals surface area contributed by atoms with Gasteiger partial charge in [0, 0.05) is 21.2 Å². The maximum Gasteiger partial charge on any atom is 0.494 e. The van der Waals surface area contributed by atoms with Crippen LogP contribution in [0, 0.1) is 0 Å². The van der Waals surface area contributed by atoms with E-state index in [1.807, 2.05) is 52.0 Å². The third-order valence-corrected chi connectivity index (χ3v) is 5.67. The summed E-state index contributed by atoms with van der Waals surface area (Å²) in [4.78, 5) is 4.45. The van der Waals surface area contributed by atoms with Crippen molar-refractivity contribution in [1.82, 2.24) is 10.1 Å². The molecule has 1 aliphatic rings. The Morgan fingerprint density at radius 3 is 1.96 bits per heavy atom. The van der Waals surface area contributed by atoms with Crippen LogP contribution in [0.25, 0.3) is 22.8 Å². The monoisotopic (exact) mass is 416 g/mol. The molecule has 8 heteroatoms. The molecule has 1 fully saturated rings. The number of benzene rings is 2. The molecule has 1 saturated heterocycles. The highest BCUT2D eigenvalue weighted by atomic mass is 35.5. The summed E-state index contributed by atoms with van der Waals surface area (Å²) >= 11 is 12.1. The fourth-order valence-electron chi connectivity index (χ4n) is 2.90. The van der Waals surface area contributed by atoms with Gasteiger partial charge in [0.05, 0.1) is 11.2 Å². The Kier molecular flexibility index (Phi) is 4.78. The molecule has 0 atom stereocenters. The molecule has 2 heterocycles. The Labute approximate surface area is 174 Å². The topological polar surface area (TPSA) is 57.4 Å². The highest BCUT2D eigenvalue weighted by molar-refractivity contribution is 6.62. The summed E-state index contributed by atoms with van der Waals surface area (Å²) in [6.07, 6.45) is 0. The van der Waals surface area contributed by atoms with Crippen molar-refractivity contribution < 1.29 is 13.8 Å². The highest BCUT2D eigenvalue weighted by Gasteiger charge is 2.51. The molecule has 3 aromatic rings. The van der Waals surface area contributed by atoms with Gasteiger partial charge in [-0.1, -0.05) is 52.6 Å². The van der Waals surface area contributed by atoms with Gasteiger partial charge in [-0.05, 0) is 51.4 Å². The second-order valence-electron chi connectivity index (χ2n) is 7.79. The van der Waals surface area contributed by atoms with E-state index in [9.17, 15) is 0 Å². The first-order valence-corrected chi connectivity index (χ1v) is 9.66. The van der Waals surface area contributed by atoms with E-state index in [1.54, 1.807) is 18.2 Å². The number of halogens is 2. The van der Waals surface area contributed by atoms with E-state index in [0.29, 0.717) is 27.3 Å². The number of nitrogens with zero attached hydrogens (tertiary/aromatic N) is 2. The maximum atomic E-state index is 6.08. The van der Waals surface area contributed by atoms with Crippen molar-refractivity contribution in [2.45, 2.75) is 38.9 Å². The summed E-state index contributed by atoms with van der Waals surface area (Å²) < 4.78 is 17.5. The van der Waals surface area contributed by atoms with Gasteiger partial charge in [-0.25, -0.2) is 0 Å². The van der Waals surface area contributed by atoms with Gasteiger partial charge in [-0.15, -0.1) is 0 Å². The summed E-state index contributed by atoms with van der Waals surface area (Å²) in [5, 5.41) is 5.08. The minimum absolute atomic E-state index is 0.356. The smallest absolute Gasteiger partial charge is 0.399 e. The molecule has 5 nitrogen and oxygen atoms in total. The second kappa shape index (κ2) is 6.88. The summed E-state index contributed by atoms with van der Waals surface area (Å²) in [7, 11) is -0.409. The molecule has 1 aromatic heterocycles. The van der Waals surface area contributed by atoms with Crippen molar-refractivity contribution in [1.29, 1.82) is 0 Å². The molecule has 2 aromatic carbocycles. The van der Waals surface area contributed by atoms with Crippen LogP contribution in [0.2, 0.25) is 10.0 Å². The molecule has 0 aliphatic carbocycles. The molecule has 4 rings (SSSR count). The first kappa shape index (κ1) is 19.5. The maximum absolute atomic E-state index is 6.08. The van der Waals surface area contributed by atoms with Crippen molar-refractivity contribution in [3.05, 3.63) is 52.5 Å². The standard InChI is InChI=1S/C20H19BCl2N2O3/c1-19(2)20(3,4)28-21(27-19)14-7-5-12(6-8-14)17-24-18(26-25-17)13-9-15(22)11-16(23)10-13/h5-11H,1-4H3. The first-order chi connectivity index (χ1) is 13.1. The normalized spacial score (nSPS) is 17.9. The van der Waals surface area contributed by atoms with Crippen LogP contribution in [0.3, 0.4) is 0 Å². The molecule has 0 N–H and O–H groups in total. The first-order valence-electron chi connectivity index (χ1n) is 8.91. The van der Waals surface area contributed by atoms with Gasteiger partial charge < -0.3 is 13.8 Å². The minimum atomic E-state index is -0.409. The van der Waals surface area contributed by atoms with Crippen LogP contribution in [-0.4, -0.2) is 28.5 Å². The van der Waals surface area contributed by atoms with E-state index in [2.05, 4.69) is 10.1 Å². The zero-order chi connectivity index (χ0) is 20.1. The molecule has 0 amide bonds. The van der Waals surface area contributed by atoms with Crippen LogP contribution in [0.15, 0.2) is 47.0 Å². The van der Waals surface area contributed by atoms with Gasteiger partial charge in [0.1, 0.15) is 0 Å². The van der Waals surface area contributed by atoms with E-state index >= 15 is 0 Å². The molecule has 0 radical (unpaired) electrons. The lowest BCUT2D eigenvalue weighted by Gasteiger charge is -2.32. The molecule has 0 bridgehead atoms.